The Morgan fingerprint density at radius 1 is 1.21 bits per heavy atom. The van der Waals surface area contributed by atoms with E-state index in [0.717, 1.165) is 13.0 Å². The van der Waals surface area contributed by atoms with Crippen LogP contribution in [0.1, 0.15) is 52.4 Å². The summed E-state index contributed by atoms with van der Waals surface area (Å²) in [6.45, 7) is 6.00. The summed E-state index contributed by atoms with van der Waals surface area (Å²) in [7, 11) is 0. The van der Waals surface area contributed by atoms with Crippen molar-refractivity contribution in [1.82, 2.24) is 5.32 Å². The number of hydrogen-bond acceptors (Lipinski definition) is 2. The summed E-state index contributed by atoms with van der Waals surface area (Å²) in [5, 5.41) is 2.68. The minimum Gasteiger partial charge on any atom is -0.443 e. The minimum atomic E-state index is -0.346. The second-order valence-electron chi connectivity index (χ2n) is 3.34. The van der Waals surface area contributed by atoms with E-state index in [4.69, 9.17) is 0 Å². The van der Waals surface area contributed by atoms with Crippen molar-refractivity contribution in [2.75, 3.05) is 6.54 Å². The molecule has 0 aliphatic heterocycles. The van der Waals surface area contributed by atoms with Gasteiger partial charge in [0.05, 0.1) is 0 Å². The number of carbonyl (C=O) groups is 1. The molecule has 0 saturated carbocycles. The van der Waals surface area contributed by atoms with Crippen LogP contribution in [0.3, 0.4) is 0 Å². The average Bonchev–Trinajstić information content (AvgIpc) is 2.17. The van der Waals surface area contributed by atoms with Gasteiger partial charge in [-0.2, -0.15) is 0 Å². The Kier molecular flexibility index (Phi) is 9.81. The van der Waals surface area contributed by atoms with E-state index in [0.29, 0.717) is 0 Å². The maximum atomic E-state index is 10.8. The summed E-state index contributed by atoms with van der Waals surface area (Å²) in [6, 6.07) is 0. The molecule has 83 valence electrons. The second-order valence-corrected chi connectivity index (χ2v) is 3.34. The summed E-state index contributed by atoms with van der Waals surface area (Å²) < 4.78 is 4.61. The standard InChI is InChI=1S/C11H22NO2/c1-3-5-6-7-8-9-10-12-11(13)14-4-2/h4H,3,5-10H2,1-2H3,(H,12,13). The third-order valence-corrected chi connectivity index (χ3v) is 2.02. The van der Waals surface area contributed by atoms with Crippen LogP contribution in [0.15, 0.2) is 0 Å². The number of hydrogen-bond donors (Lipinski definition) is 1. The Balaban J connectivity index is 3.01. The first-order valence-electron chi connectivity index (χ1n) is 5.53. The predicted molar refractivity (Wildman–Crippen MR) is 57.8 cm³/mol. The van der Waals surface area contributed by atoms with Gasteiger partial charge >= 0.3 is 6.09 Å². The van der Waals surface area contributed by atoms with Crippen molar-refractivity contribution in [1.29, 1.82) is 0 Å². The van der Waals surface area contributed by atoms with Crippen molar-refractivity contribution in [2.45, 2.75) is 52.4 Å². The zero-order valence-corrected chi connectivity index (χ0v) is 9.34. The largest absolute Gasteiger partial charge is 0.443 e. The number of unbranched alkanes of at least 4 members (excludes halogenated alkanes) is 5. The van der Waals surface area contributed by atoms with Crippen LogP contribution in [0, 0.1) is 6.61 Å². The Hall–Kier alpha value is -0.730. The lowest BCUT2D eigenvalue weighted by atomic mass is 10.1. The lowest BCUT2D eigenvalue weighted by molar-refractivity contribution is 0.173. The number of alkyl carbamates (subject to hydrolysis) is 1. The van der Waals surface area contributed by atoms with E-state index in [1.807, 2.05) is 0 Å². The fourth-order valence-electron chi connectivity index (χ4n) is 1.24. The van der Waals surface area contributed by atoms with Crippen LogP contribution < -0.4 is 5.32 Å². The maximum absolute atomic E-state index is 10.8. The molecule has 0 fully saturated rings. The number of rotatable bonds is 8. The van der Waals surface area contributed by atoms with Gasteiger partial charge in [0, 0.05) is 6.54 Å². The van der Waals surface area contributed by atoms with Gasteiger partial charge in [-0.3, -0.25) is 0 Å². The van der Waals surface area contributed by atoms with Crippen LogP contribution in [0.2, 0.25) is 0 Å². The lowest BCUT2D eigenvalue weighted by Crippen LogP contribution is -2.24. The molecule has 0 aromatic heterocycles. The molecule has 0 saturated heterocycles. The highest BCUT2D eigenvalue weighted by Crippen LogP contribution is 2.03. The Labute approximate surface area is 87.2 Å². The van der Waals surface area contributed by atoms with Crippen molar-refractivity contribution in [3.05, 3.63) is 6.61 Å². The monoisotopic (exact) mass is 200 g/mol. The average molecular weight is 200 g/mol. The molecular weight excluding hydrogens is 178 g/mol. The third kappa shape index (κ3) is 9.36. The van der Waals surface area contributed by atoms with Crippen LogP contribution in [-0.4, -0.2) is 12.6 Å². The van der Waals surface area contributed by atoms with Gasteiger partial charge in [-0.15, -0.1) is 0 Å². The molecule has 0 aromatic rings. The van der Waals surface area contributed by atoms with Crippen LogP contribution in [0.4, 0.5) is 4.79 Å². The molecule has 0 unspecified atom stereocenters. The first-order chi connectivity index (χ1) is 6.81. The Morgan fingerprint density at radius 2 is 1.86 bits per heavy atom. The van der Waals surface area contributed by atoms with Crippen LogP contribution in [0.5, 0.6) is 0 Å². The zero-order chi connectivity index (χ0) is 10.6. The SMILES string of the molecule is C[CH]OC(=O)NCCCCCCCC. The molecular formula is C11H22NO2. The van der Waals surface area contributed by atoms with Gasteiger partial charge in [0.2, 0.25) is 0 Å². The topological polar surface area (TPSA) is 38.3 Å². The van der Waals surface area contributed by atoms with Gasteiger partial charge in [-0.05, 0) is 13.3 Å². The van der Waals surface area contributed by atoms with Gasteiger partial charge in [0.1, 0.15) is 6.61 Å². The van der Waals surface area contributed by atoms with Gasteiger partial charge in [0.25, 0.3) is 0 Å². The van der Waals surface area contributed by atoms with Crippen molar-refractivity contribution in [3.8, 4) is 0 Å². The third-order valence-electron chi connectivity index (χ3n) is 2.02. The van der Waals surface area contributed by atoms with Crippen LogP contribution in [0.25, 0.3) is 0 Å². The van der Waals surface area contributed by atoms with E-state index < -0.39 is 0 Å². The Bertz CT molecular complexity index is 137. The molecule has 1 N–H and O–H groups in total. The van der Waals surface area contributed by atoms with E-state index in [2.05, 4.69) is 17.0 Å². The number of ether oxygens (including phenoxy) is 1. The summed E-state index contributed by atoms with van der Waals surface area (Å²) in [5.74, 6) is 0. The van der Waals surface area contributed by atoms with Crippen LogP contribution >= 0.6 is 0 Å². The maximum Gasteiger partial charge on any atom is 0.407 e. The number of amides is 1. The van der Waals surface area contributed by atoms with Crippen molar-refractivity contribution in [2.24, 2.45) is 0 Å². The minimum absolute atomic E-state index is 0.346. The molecule has 0 atom stereocenters. The van der Waals surface area contributed by atoms with E-state index in [9.17, 15) is 4.79 Å². The summed E-state index contributed by atoms with van der Waals surface area (Å²) in [6.07, 6.45) is 7.06. The van der Waals surface area contributed by atoms with Gasteiger partial charge in [-0.25, -0.2) is 4.79 Å². The molecule has 1 radical (unpaired) electrons. The quantitative estimate of drug-likeness (QED) is 0.611. The first kappa shape index (κ1) is 13.3. The highest BCUT2D eigenvalue weighted by molar-refractivity contribution is 5.67. The smallest absolute Gasteiger partial charge is 0.407 e. The summed E-state index contributed by atoms with van der Waals surface area (Å²) in [5.41, 5.74) is 0. The molecule has 0 bridgehead atoms. The fraction of sp³-hybridized carbons (Fsp3) is 0.818. The highest BCUT2D eigenvalue weighted by Gasteiger charge is 1.97. The number of nitrogens with one attached hydrogen (secondary N) is 1. The van der Waals surface area contributed by atoms with E-state index >= 15 is 0 Å². The molecule has 0 heterocycles. The van der Waals surface area contributed by atoms with E-state index in [1.54, 1.807) is 6.92 Å². The van der Waals surface area contributed by atoms with Gasteiger partial charge in [-0.1, -0.05) is 39.0 Å². The fourth-order valence-corrected chi connectivity index (χ4v) is 1.24. The Morgan fingerprint density at radius 3 is 2.50 bits per heavy atom. The zero-order valence-electron chi connectivity index (χ0n) is 9.34. The van der Waals surface area contributed by atoms with E-state index in [1.165, 1.54) is 38.7 Å². The molecule has 0 spiro atoms. The molecule has 0 aromatic carbocycles. The molecule has 0 aliphatic rings. The van der Waals surface area contributed by atoms with Crippen molar-refractivity contribution in [3.63, 3.8) is 0 Å². The summed E-state index contributed by atoms with van der Waals surface area (Å²) in [4.78, 5) is 10.8. The van der Waals surface area contributed by atoms with Crippen molar-refractivity contribution >= 4 is 6.09 Å². The second kappa shape index (κ2) is 10.4. The molecule has 3 heteroatoms. The summed E-state index contributed by atoms with van der Waals surface area (Å²) >= 11 is 0. The van der Waals surface area contributed by atoms with Crippen molar-refractivity contribution < 1.29 is 9.53 Å². The van der Waals surface area contributed by atoms with Gasteiger partial charge in [0.15, 0.2) is 0 Å². The predicted octanol–water partition coefficient (Wildman–Crippen LogP) is 3.25. The number of carbonyl (C=O) groups excluding carboxylic acids is 1. The normalized spacial score (nSPS) is 9.86. The molecule has 1 amide bonds. The van der Waals surface area contributed by atoms with E-state index in [-0.39, 0.29) is 6.09 Å². The molecule has 0 aliphatic carbocycles. The lowest BCUT2D eigenvalue weighted by Gasteiger charge is -2.04. The molecule has 3 nitrogen and oxygen atoms in total. The van der Waals surface area contributed by atoms with Crippen LogP contribution in [-0.2, 0) is 4.74 Å². The first-order valence-corrected chi connectivity index (χ1v) is 5.53. The highest BCUT2D eigenvalue weighted by atomic mass is 16.5. The van der Waals surface area contributed by atoms with Gasteiger partial charge < -0.3 is 10.1 Å². The molecule has 0 rings (SSSR count). The molecule has 14 heavy (non-hydrogen) atoms.